The van der Waals surface area contributed by atoms with Crippen LogP contribution in [0.1, 0.15) is 52.5 Å². The van der Waals surface area contributed by atoms with Gasteiger partial charge in [-0.25, -0.2) is 0 Å². The molecule has 2 heterocycles. The Labute approximate surface area is 156 Å². The summed E-state index contributed by atoms with van der Waals surface area (Å²) in [6.07, 6.45) is 5.33. The lowest BCUT2D eigenvalue weighted by Crippen LogP contribution is -2.42. The lowest BCUT2D eigenvalue weighted by atomic mass is 10.1. The Kier molecular flexibility index (Phi) is 10.2. The molecule has 2 amide bonds. The summed E-state index contributed by atoms with van der Waals surface area (Å²) >= 11 is 1.04. The van der Waals surface area contributed by atoms with Crippen LogP contribution in [0.3, 0.4) is 0 Å². The maximum atomic E-state index is 12.4. The van der Waals surface area contributed by atoms with Crippen LogP contribution in [-0.2, 0) is 4.79 Å². The molecule has 0 bridgehead atoms. The van der Waals surface area contributed by atoms with Crippen molar-refractivity contribution < 1.29 is 9.59 Å². The minimum absolute atomic E-state index is 0.159. The molecule has 2 aliphatic rings. The van der Waals surface area contributed by atoms with E-state index in [0.29, 0.717) is 11.6 Å². The molecule has 0 spiro atoms. The van der Waals surface area contributed by atoms with Gasteiger partial charge < -0.3 is 0 Å². The zero-order chi connectivity index (χ0) is 18.7. The third-order valence-electron chi connectivity index (χ3n) is 3.76. The molecule has 0 unspecified atom stereocenters. The van der Waals surface area contributed by atoms with Crippen molar-refractivity contribution in [3.63, 3.8) is 0 Å². The number of carbonyl (C=O) groups is 2. The molecule has 2 fully saturated rings. The third kappa shape index (κ3) is 6.33. The van der Waals surface area contributed by atoms with Gasteiger partial charge in [-0.3, -0.25) is 19.4 Å². The van der Waals surface area contributed by atoms with Crippen molar-refractivity contribution in [2.24, 2.45) is 0 Å². The van der Waals surface area contributed by atoms with Gasteiger partial charge in [-0.1, -0.05) is 64.4 Å². The van der Waals surface area contributed by atoms with E-state index in [1.54, 1.807) is 6.08 Å². The quantitative estimate of drug-likeness (QED) is 0.691. The molecular weight excluding hydrogens is 332 g/mol. The standard InChI is InChI=1S/C16H18N2O2S.2C2H6/c19-15-14(11-13-7-3-1-4-8-13)21-16(20)18(15)12-17-9-5-2-6-10-17;2*1-2/h1,3-4,7-8,11H,2,5-6,9-10,12H2;2*1-2H3/b14-11+;;. The largest absolute Gasteiger partial charge is 0.294 e. The topological polar surface area (TPSA) is 40.6 Å². The molecule has 138 valence electrons. The van der Waals surface area contributed by atoms with Crippen LogP contribution in [0.25, 0.3) is 6.08 Å². The fraction of sp³-hybridized carbons (Fsp3) is 0.500. The lowest BCUT2D eigenvalue weighted by Gasteiger charge is -2.29. The first-order valence-corrected chi connectivity index (χ1v) is 10.1. The van der Waals surface area contributed by atoms with Crippen molar-refractivity contribution in [2.75, 3.05) is 19.8 Å². The Morgan fingerprint density at radius 1 is 0.960 bits per heavy atom. The number of likely N-dealkylation sites (tertiary alicyclic amines) is 1. The Morgan fingerprint density at radius 2 is 1.56 bits per heavy atom. The molecule has 0 radical (unpaired) electrons. The SMILES string of the molecule is CC.CC.O=C1S/C(=C/c2ccccc2)C(=O)N1CN1CCCCC1. The first-order valence-electron chi connectivity index (χ1n) is 9.27. The predicted octanol–water partition coefficient (Wildman–Crippen LogP) is 5.22. The second-order valence-electron chi connectivity index (χ2n) is 5.34. The molecule has 4 nitrogen and oxygen atoms in total. The van der Waals surface area contributed by atoms with Gasteiger partial charge in [0.15, 0.2) is 0 Å². The van der Waals surface area contributed by atoms with Crippen LogP contribution < -0.4 is 0 Å². The number of nitrogens with zero attached hydrogens (tertiary/aromatic N) is 2. The fourth-order valence-electron chi connectivity index (χ4n) is 2.62. The van der Waals surface area contributed by atoms with E-state index in [2.05, 4.69) is 4.90 Å². The molecule has 2 aliphatic heterocycles. The molecule has 5 heteroatoms. The zero-order valence-electron chi connectivity index (χ0n) is 15.8. The average Bonchev–Trinajstić information content (AvgIpc) is 2.94. The van der Waals surface area contributed by atoms with Crippen LogP contribution in [0.2, 0.25) is 0 Å². The number of thioether (sulfide) groups is 1. The monoisotopic (exact) mass is 362 g/mol. The third-order valence-corrected chi connectivity index (χ3v) is 4.67. The Bertz CT molecular complexity index is 566. The van der Waals surface area contributed by atoms with E-state index in [1.807, 2.05) is 58.0 Å². The van der Waals surface area contributed by atoms with Gasteiger partial charge in [0.2, 0.25) is 0 Å². The maximum Gasteiger partial charge on any atom is 0.294 e. The van der Waals surface area contributed by atoms with Crippen molar-refractivity contribution in [1.29, 1.82) is 0 Å². The summed E-state index contributed by atoms with van der Waals surface area (Å²) < 4.78 is 0. The van der Waals surface area contributed by atoms with Gasteiger partial charge in [0.1, 0.15) is 0 Å². The minimum Gasteiger partial charge on any atom is -0.286 e. The van der Waals surface area contributed by atoms with E-state index < -0.39 is 0 Å². The molecule has 1 aromatic rings. The molecular formula is C20H30N2O2S. The number of carbonyl (C=O) groups excluding carboxylic acids is 2. The highest BCUT2D eigenvalue weighted by Crippen LogP contribution is 2.32. The Hall–Kier alpha value is -1.59. The molecule has 0 atom stereocenters. The molecule has 3 rings (SSSR count). The van der Waals surface area contributed by atoms with Crippen molar-refractivity contribution in [2.45, 2.75) is 47.0 Å². The van der Waals surface area contributed by atoms with Crippen LogP contribution in [-0.4, -0.2) is 40.7 Å². The summed E-state index contributed by atoms with van der Waals surface area (Å²) in [5.74, 6) is -0.167. The number of hydrogen-bond donors (Lipinski definition) is 0. The van der Waals surface area contributed by atoms with Crippen molar-refractivity contribution in [1.82, 2.24) is 9.80 Å². The first-order chi connectivity index (χ1) is 12.2. The summed E-state index contributed by atoms with van der Waals surface area (Å²) in [6, 6.07) is 9.63. The van der Waals surface area contributed by atoms with Crippen molar-refractivity contribution in [3.05, 3.63) is 40.8 Å². The number of piperidine rings is 1. The highest BCUT2D eigenvalue weighted by atomic mass is 32.2. The highest BCUT2D eigenvalue weighted by Gasteiger charge is 2.36. The zero-order valence-corrected chi connectivity index (χ0v) is 16.6. The van der Waals surface area contributed by atoms with E-state index in [0.717, 1.165) is 43.3 Å². The van der Waals surface area contributed by atoms with E-state index in [1.165, 1.54) is 11.3 Å². The molecule has 0 aliphatic carbocycles. The summed E-state index contributed by atoms with van der Waals surface area (Å²) in [5, 5.41) is -0.159. The van der Waals surface area contributed by atoms with Crippen LogP contribution in [0.15, 0.2) is 35.2 Å². The second kappa shape index (κ2) is 11.9. The predicted molar refractivity (Wildman–Crippen MR) is 107 cm³/mol. The summed E-state index contributed by atoms with van der Waals surface area (Å²) in [7, 11) is 0. The van der Waals surface area contributed by atoms with Crippen molar-refractivity contribution >= 4 is 29.0 Å². The van der Waals surface area contributed by atoms with Crippen LogP contribution in [0.5, 0.6) is 0 Å². The normalized spacial score (nSPS) is 19.2. The molecule has 0 N–H and O–H groups in total. The van der Waals surface area contributed by atoms with Gasteiger partial charge in [-0.2, -0.15) is 0 Å². The Balaban J connectivity index is 0.000000730. The molecule has 0 saturated carbocycles. The summed E-state index contributed by atoms with van der Waals surface area (Å²) in [4.78, 5) is 28.5. The van der Waals surface area contributed by atoms with E-state index in [4.69, 9.17) is 0 Å². The van der Waals surface area contributed by atoms with Gasteiger partial charge in [0, 0.05) is 0 Å². The van der Waals surface area contributed by atoms with E-state index >= 15 is 0 Å². The van der Waals surface area contributed by atoms with Gasteiger partial charge in [0.05, 0.1) is 11.6 Å². The molecule has 0 aromatic heterocycles. The first kappa shape index (κ1) is 21.5. The fourth-order valence-corrected chi connectivity index (χ4v) is 3.45. The van der Waals surface area contributed by atoms with Gasteiger partial charge in [0.25, 0.3) is 11.1 Å². The average molecular weight is 363 g/mol. The lowest BCUT2D eigenvalue weighted by molar-refractivity contribution is -0.124. The van der Waals surface area contributed by atoms with Crippen molar-refractivity contribution in [3.8, 4) is 0 Å². The summed E-state index contributed by atoms with van der Waals surface area (Å²) in [6.45, 7) is 10.4. The van der Waals surface area contributed by atoms with Crippen LogP contribution in [0, 0.1) is 0 Å². The number of benzene rings is 1. The second-order valence-corrected chi connectivity index (χ2v) is 6.33. The number of rotatable bonds is 3. The number of amides is 2. The van der Waals surface area contributed by atoms with Crippen LogP contribution >= 0.6 is 11.8 Å². The maximum absolute atomic E-state index is 12.4. The van der Waals surface area contributed by atoms with Gasteiger partial charge >= 0.3 is 0 Å². The molecule has 1 aromatic carbocycles. The smallest absolute Gasteiger partial charge is 0.286 e. The highest BCUT2D eigenvalue weighted by molar-refractivity contribution is 8.18. The van der Waals surface area contributed by atoms with Gasteiger partial charge in [-0.15, -0.1) is 0 Å². The molecule has 25 heavy (non-hydrogen) atoms. The van der Waals surface area contributed by atoms with Crippen LogP contribution in [0.4, 0.5) is 4.79 Å². The number of imide groups is 1. The number of hydrogen-bond acceptors (Lipinski definition) is 4. The Morgan fingerprint density at radius 3 is 2.16 bits per heavy atom. The minimum atomic E-state index is -0.167. The van der Waals surface area contributed by atoms with E-state index in [9.17, 15) is 9.59 Å². The summed E-state index contributed by atoms with van der Waals surface area (Å²) in [5.41, 5.74) is 0.945. The van der Waals surface area contributed by atoms with E-state index in [-0.39, 0.29) is 11.1 Å². The van der Waals surface area contributed by atoms with Gasteiger partial charge in [-0.05, 0) is 49.3 Å². The molecule has 2 saturated heterocycles.